The van der Waals surface area contributed by atoms with Gasteiger partial charge >= 0.3 is 5.97 Å². The molecule has 3 unspecified atom stereocenters. The van der Waals surface area contributed by atoms with Crippen LogP contribution in [0.25, 0.3) is 0 Å². The van der Waals surface area contributed by atoms with E-state index < -0.39 is 41.4 Å². The van der Waals surface area contributed by atoms with Crippen molar-refractivity contribution in [1.29, 1.82) is 0 Å². The minimum Gasteiger partial charge on any atom is -0.461 e. The van der Waals surface area contributed by atoms with E-state index in [1.54, 1.807) is 0 Å². The Morgan fingerprint density at radius 3 is 2.52 bits per heavy atom. The van der Waals surface area contributed by atoms with Gasteiger partial charge in [-0.3, -0.25) is 24.0 Å². The number of fused-ring (bicyclic) bond motifs is 2. The summed E-state index contributed by atoms with van der Waals surface area (Å²) >= 11 is 0. The summed E-state index contributed by atoms with van der Waals surface area (Å²) in [5.41, 5.74) is 0.842. The van der Waals surface area contributed by atoms with E-state index in [9.17, 15) is 24.0 Å². The third-order valence-electron chi connectivity index (χ3n) is 6.90. The highest BCUT2D eigenvalue weighted by Gasteiger charge is 2.34. The molecule has 0 aliphatic carbocycles. The lowest BCUT2D eigenvalue weighted by atomic mass is 9.87. The number of nitrogens with one attached hydrogen (secondary N) is 2. The van der Waals surface area contributed by atoms with Crippen LogP contribution >= 0.6 is 0 Å². The predicted molar refractivity (Wildman–Crippen MR) is 146 cm³/mol. The van der Waals surface area contributed by atoms with Crippen LogP contribution in [-0.4, -0.2) is 46.9 Å². The van der Waals surface area contributed by atoms with E-state index in [1.807, 2.05) is 58.0 Å². The summed E-state index contributed by atoms with van der Waals surface area (Å²) in [6, 6.07) is 8.37. The number of carbonyl (C=O) groups excluding carboxylic acids is 5. The molecule has 10 heteroatoms. The molecule has 2 amide bonds. The Hall–Kier alpha value is -3.82. The number of rotatable bonds is 12. The van der Waals surface area contributed by atoms with Crippen LogP contribution in [0.2, 0.25) is 0 Å². The molecule has 40 heavy (non-hydrogen) atoms. The van der Waals surface area contributed by atoms with Crippen molar-refractivity contribution in [2.45, 2.75) is 72.4 Å². The van der Waals surface area contributed by atoms with Crippen molar-refractivity contribution in [2.75, 3.05) is 6.54 Å². The fourth-order valence-electron chi connectivity index (χ4n) is 4.63. The van der Waals surface area contributed by atoms with E-state index in [0.717, 1.165) is 5.56 Å². The first kappa shape index (κ1) is 30.7. The van der Waals surface area contributed by atoms with Crippen molar-refractivity contribution < 1.29 is 33.1 Å². The zero-order valence-corrected chi connectivity index (χ0v) is 23.6. The number of ether oxygens (including phenoxy) is 1. The lowest BCUT2D eigenvalue weighted by Crippen LogP contribution is -2.47. The number of esters is 1. The fraction of sp³-hybridized carbons (Fsp3) is 0.533. The summed E-state index contributed by atoms with van der Waals surface area (Å²) < 4.78 is 11.0. The molecular formula is C30H39N3O7. The predicted octanol–water partition coefficient (Wildman–Crippen LogP) is 2.97. The molecule has 2 aromatic rings. The van der Waals surface area contributed by atoms with Gasteiger partial charge in [0.05, 0.1) is 24.6 Å². The van der Waals surface area contributed by atoms with Gasteiger partial charge in [-0.05, 0) is 23.8 Å². The van der Waals surface area contributed by atoms with Crippen molar-refractivity contribution >= 4 is 29.4 Å². The molecule has 2 heterocycles. The Bertz CT molecular complexity index is 1190. The number of hydrogen-bond acceptors (Lipinski definition) is 8. The highest BCUT2D eigenvalue weighted by atomic mass is 16.5. The van der Waals surface area contributed by atoms with Crippen LogP contribution in [0.1, 0.15) is 64.2 Å². The average Bonchev–Trinajstić information content (AvgIpc) is 3.35. The first-order chi connectivity index (χ1) is 19.0. The van der Waals surface area contributed by atoms with E-state index in [4.69, 9.17) is 9.15 Å². The van der Waals surface area contributed by atoms with E-state index in [2.05, 4.69) is 15.6 Å². The fourth-order valence-corrected chi connectivity index (χ4v) is 4.63. The third-order valence-corrected chi connectivity index (χ3v) is 6.90. The van der Waals surface area contributed by atoms with Gasteiger partial charge in [-0.25, -0.2) is 4.98 Å². The molecule has 2 N–H and O–H groups in total. The van der Waals surface area contributed by atoms with Gasteiger partial charge in [0.25, 0.3) is 5.91 Å². The van der Waals surface area contributed by atoms with Gasteiger partial charge < -0.3 is 19.8 Å². The van der Waals surface area contributed by atoms with Gasteiger partial charge in [0.15, 0.2) is 11.7 Å². The van der Waals surface area contributed by atoms with Crippen molar-refractivity contribution in [1.82, 2.24) is 15.6 Å². The summed E-state index contributed by atoms with van der Waals surface area (Å²) in [5.74, 6) is -3.68. The molecule has 1 aromatic heterocycles. The molecule has 1 aliphatic heterocycles. The first-order valence-corrected chi connectivity index (χ1v) is 13.8. The molecule has 0 fully saturated rings. The summed E-state index contributed by atoms with van der Waals surface area (Å²) in [5, 5.41) is 5.38. The van der Waals surface area contributed by atoms with Crippen molar-refractivity contribution in [2.24, 2.45) is 23.7 Å². The Balaban J connectivity index is 1.68. The minimum atomic E-state index is -0.952. The van der Waals surface area contributed by atoms with Crippen LogP contribution in [-0.2, 0) is 48.2 Å². The maximum absolute atomic E-state index is 13.5. The normalized spacial score (nSPS) is 17.2. The van der Waals surface area contributed by atoms with Gasteiger partial charge in [-0.15, -0.1) is 0 Å². The van der Waals surface area contributed by atoms with E-state index in [-0.39, 0.29) is 50.0 Å². The highest BCUT2D eigenvalue weighted by Crippen LogP contribution is 2.21. The Morgan fingerprint density at radius 2 is 1.85 bits per heavy atom. The van der Waals surface area contributed by atoms with Gasteiger partial charge in [0, 0.05) is 31.7 Å². The zero-order chi connectivity index (χ0) is 29.2. The SMILES string of the molecule is CC(C)CC(NC(=O)C(CC(=O)OCc1ccccc1)C(C)C)C(=O)CC1Cc2cnc(o2)CCNC(=O)C1=O. The largest absolute Gasteiger partial charge is 0.461 e. The number of Topliss-reactive ketones (excluding diaryl/α,β-unsaturated/α-hetero) is 2. The van der Waals surface area contributed by atoms with Crippen LogP contribution in [0, 0.1) is 23.7 Å². The lowest BCUT2D eigenvalue weighted by Gasteiger charge is -2.26. The second-order valence-corrected chi connectivity index (χ2v) is 11.1. The van der Waals surface area contributed by atoms with Gasteiger partial charge in [0.1, 0.15) is 12.4 Å². The van der Waals surface area contributed by atoms with Crippen LogP contribution in [0.3, 0.4) is 0 Å². The molecule has 0 saturated carbocycles. The quantitative estimate of drug-likeness (QED) is 0.302. The lowest BCUT2D eigenvalue weighted by molar-refractivity contribution is -0.149. The van der Waals surface area contributed by atoms with E-state index >= 15 is 0 Å². The maximum Gasteiger partial charge on any atom is 0.306 e. The highest BCUT2D eigenvalue weighted by molar-refractivity contribution is 6.37. The van der Waals surface area contributed by atoms with Crippen molar-refractivity contribution in [3.8, 4) is 0 Å². The molecule has 0 spiro atoms. The molecule has 3 rings (SSSR count). The molecule has 2 bridgehead atoms. The smallest absolute Gasteiger partial charge is 0.306 e. The second kappa shape index (κ2) is 14.5. The number of ketones is 2. The number of amides is 2. The summed E-state index contributed by atoms with van der Waals surface area (Å²) in [6.45, 7) is 7.81. The molecule has 3 atom stereocenters. The Labute approximate surface area is 234 Å². The number of hydrogen-bond donors (Lipinski definition) is 2. The summed E-state index contributed by atoms with van der Waals surface area (Å²) in [7, 11) is 0. The number of benzene rings is 1. The molecule has 0 saturated heterocycles. The van der Waals surface area contributed by atoms with Gasteiger partial charge in [-0.2, -0.15) is 0 Å². The Morgan fingerprint density at radius 1 is 1.12 bits per heavy atom. The molecule has 1 aromatic carbocycles. The Kier molecular flexibility index (Phi) is 11.2. The molecule has 216 valence electrons. The average molecular weight is 554 g/mol. The second-order valence-electron chi connectivity index (χ2n) is 11.1. The van der Waals surface area contributed by atoms with Crippen LogP contribution in [0.15, 0.2) is 40.9 Å². The summed E-state index contributed by atoms with van der Waals surface area (Å²) in [6.07, 6.45) is 1.89. The number of oxazole rings is 1. The van der Waals surface area contributed by atoms with Gasteiger partial charge in [0.2, 0.25) is 11.7 Å². The molecule has 10 nitrogen and oxygen atoms in total. The third kappa shape index (κ3) is 9.14. The molecule has 1 aliphatic rings. The standard InChI is InChI=1S/C30H39N3O7/c1-18(2)12-24(25(34)14-21-13-22-16-32-26(40-22)10-11-31-30(38)28(21)36)33-29(37)23(19(3)4)15-27(35)39-17-20-8-6-5-7-9-20/h5-9,16,18-19,21,23-24H,10-15,17H2,1-4H3,(H,31,38)(H,33,37). The monoisotopic (exact) mass is 553 g/mol. The minimum absolute atomic E-state index is 0.0508. The van der Waals surface area contributed by atoms with E-state index in [1.165, 1.54) is 6.20 Å². The van der Waals surface area contributed by atoms with Gasteiger partial charge in [-0.1, -0.05) is 58.0 Å². The van der Waals surface area contributed by atoms with Crippen LogP contribution in [0.5, 0.6) is 0 Å². The summed E-state index contributed by atoms with van der Waals surface area (Å²) in [4.78, 5) is 68.9. The number of nitrogens with zero attached hydrogens (tertiary/aromatic N) is 1. The van der Waals surface area contributed by atoms with Crippen LogP contribution < -0.4 is 10.6 Å². The molecule has 0 radical (unpaired) electrons. The zero-order valence-electron chi connectivity index (χ0n) is 23.6. The number of carbonyl (C=O) groups is 5. The number of aromatic nitrogens is 1. The topological polar surface area (TPSA) is 145 Å². The van der Waals surface area contributed by atoms with Crippen molar-refractivity contribution in [3.05, 3.63) is 53.7 Å². The maximum atomic E-state index is 13.5. The molecular weight excluding hydrogens is 514 g/mol. The van der Waals surface area contributed by atoms with Crippen molar-refractivity contribution in [3.63, 3.8) is 0 Å². The van der Waals surface area contributed by atoms with Crippen LogP contribution in [0.4, 0.5) is 0 Å². The van der Waals surface area contributed by atoms with E-state index in [0.29, 0.717) is 24.5 Å². The first-order valence-electron chi connectivity index (χ1n) is 13.8.